The molecule has 0 aromatic heterocycles. The molecular formula is C24H25N3O4. The van der Waals surface area contributed by atoms with Crippen LogP contribution in [-0.4, -0.2) is 17.6 Å². The van der Waals surface area contributed by atoms with Crippen LogP contribution >= 0.6 is 0 Å². The summed E-state index contributed by atoms with van der Waals surface area (Å²) in [6.45, 7) is 0.583. The number of carbonyl (C=O) groups excluding carboxylic acids is 1. The van der Waals surface area contributed by atoms with Crippen LogP contribution in [0.5, 0.6) is 5.75 Å². The number of rotatable bonds is 7. The SMILES string of the molecule is O=C(NCC1CCCCC1)c1cccc(Nc2c(Nc3ccccc3)c(=O)c2=O)c1O. The minimum absolute atomic E-state index is 0.0592. The fraction of sp³-hybridized carbons (Fsp3) is 0.292. The van der Waals surface area contributed by atoms with Crippen molar-refractivity contribution in [3.8, 4) is 5.75 Å². The van der Waals surface area contributed by atoms with Crippen molar-refractivity contribution < 1.29 is 9.90 Å². The Labute approximate surface area is 179 Å². The number of amides is 1. The van der Waals surface area contributed by atoms with E-state index in [9.17, 15) is 19.5 Å². The van der Waals surface area contributed by atoms with E-state index >= 15 is 0 Å². The van der Waals surface area contributed by atoms with Gasteiger partial charge in [-0.1, -0.05) is 43.5 Å². The lowest BCUT2D eigenvalue weighted by molar-refractivity contribution is 0.0941. The summed E-state index contributed by atoms with van der Waals surface area (Å²) in [5.41, 5.74) is -0.146. The van der Waals surface area contributed by atoms with Crippen molar-refractivity contribution in [2.24, 2.45) is 5.92 Å². The summed E-state index contributed by atoms with van der Waals surface area (Å²) in [5.74, 6) is -0.154. The van der Waals surface area contributed by atoms with Gasteiger partial charge in [0.25, 0.3) is 16.8 Å². The van der Waals surface area contributed by atoms with Crippen molar-refractivity contribution in [2.45, 2.75) is 32.1 Å². The van der Waals surface area contributed by atoms with Crippen LogP contribution in [0, 0.1) is 5.92 Å². The van der Waals surface area contributed by atoms with Crippen molar-refractivity contribution in [3.63, 3.8) is 0 Å². The fourth-order valence-electron chi connectivity index (χ4n) is 3.98. The van der Waals surface area contributed by atoms with Gasteiger partial charge in [-0.25, -0.2) is 0 Å². The number of para-hydroxylation sites is 2. The smallest absolute Gasteiger partial charge is 0.255 e. The molecule has 1 fully saturated rings. The number of benzene rings is 2. The molecule has 1 saturated carbocycles. The molecular weight excluding hydrogens is 394 g/mol. The van der Waals surface area contributed by atoms with E-state index in [1.165, 1.54) is 25.3 Å². The monoisotopic (exact) mass is 419 g/mol. The Morgan fingerprint density at radius 3 is 2.26 bits per heavy atom. The molecule has 0 radical (unpaired) electrons. The largest absolute Gasteiger partial charge is 0.505 e. The predicted molar refractivity (Wildman–Crippen MR) is 121 cm³/mol. The second-order valence-corrected chi connectivity index (χ2v) is 7.94. The van der Waals surface area contributed by atoms with Crippen molar-refractivity contribution in [1.29, 1.82) is 0 Å². The van der Waals surface area contributed by atoms with Crippen molar-refractivity contribution in [1.82, 2.24) is 5.32 Å². The van der Waals surface area contributed by atoms with Gasteiger partial charge in [-0.15, -0.1) is 0 Å². The first-order chi connectivity index (χ1) is 15.0. The molecule has 31 heavy (non-hydrogen) atoms. The van der Waals surface area contributed by atoms with Crippen LogP contribution in [0.25, 0.3) is 0 Å². The van der Waals surface area contributed by atoms with Crippen molar-refractivity contribution in [3.05, 3.63) is 74.5 Å². The maximum Gasteiger partial charge on any atom is 0.255 e. The van der Waals surface area contributed by atoms with Gasteiger partial charge in [0, 0.05) is 12.2 Å². The fourth-order valence-corrected chi connectivity index (χ4v) is 3.98. The van der Waals surface area contributed by atoms with E-state index in [1.807, 2.05) is 18.2 Å². The number of carbonyl (C=O) groups is 1. The molecule has 3 aromatic carbocycles. The first-order valence-corrected chi connectivity index (χ1v) is 10.6. The quantitative estimate of drug-likeness (QED) is 0.343. The van der Waals surface area contributed by atoms with E-state index in [1.54, 1.807) is 24.3 Å². The number of hydrogen-bond donors (Lipinski definition) is 4. The molecule has 0 unspecified atom stereocenters. The molecule has 0 atom stereocenters. The number of anilines is 4. The van der Waals surface area contributed by atoms with E-state index < -0.39 is 10.9 Å². The highest BCUT2D eigenvalue weighted by Gasteiger charge is 2.23. The van der Waals surface area contributed by atoms with Crippen LogP contribution in [0.3, 0.4) is 0 Å². The van der Waals surface area contributed by atoms with Crippen LogP contribution in [0.1, 0.15) is 42.5 Å². The van der Waals surface area contributed by atoms with Gasteiger partial charge in [-0.3, -0.25) is 14.4 Å². The second-order valence-electron chi connectivity index (χ2n) is 7.94. The summed E-state index contributed by atoms with van der Waals surface area (Å²) in [4.78, 5) is 36.7. The average Bonchev–Trinajstić information content (AvgIpc) is 2.81. The maximum absolute atomic E-state index is 12.6. The minimum atomic E-state index is -0.676. The molecule has 1 amide bonds. The number of hydrogen-bond acceptors (Lipinski definition) is 6. The summed E-state index contributed by atoms with van der Waals surface area (Å²) >= 11 is 0. The zero-order valence-corrected chi connectivity index (χ0v) is 17.1. The minimum Gasteiger partial charge on any atom is -0.505 e. The lowest BCUT2D eigenvalue weighted by atomic mass is 9.89. The number of nitrogens with one attached hydrogen (secondary N) is 3. The molecule has 160 valence electrons. The molecule has 0 spiro atoms. The summed E-state index contributed by atoms with van der Waals surface area (Å²) in [5, 5.41) is 19.3. The topological polar surface area (TPSA) is 108 Å². The Balaban J connectivity index is 1.49. The zero-order valence-electron chi connectivity index (χ0n) is 17.1. The summed E-state index contributed by atoms with van der Waals surface area (Å²) < 4.78 is 0. The summed E-state index contributed by atoms with van der Waals surface area (Å²) in [6.07, 6.45) is 5.83. The first-order valence-electron chi connectivity index (χ1n) is 10.6. The van der Waals surface area contributed by atoms with Gasteiger partial charge in [0.15, 0.2) is 5.75 Å². The second kappa shape index (κ2) is 9.04. The van der Waals surface area contributed by atoms with Gasteiger partial charge in [0.1, 0.15) is 11.4 Å². The first kappa shape index (κ1) is 20.7. The van der Waals surface area contributed by atoms with Gasteiger partial charge in [0.2, 0.25) is 0 Å². The van der Waals surface area contributed by atoms with Crippen LogP contribution in [0.4, 0.5) is 22.7 Å². The average molecular weight is 419 g/mol. The van der Waals surface area contributed by atoms with E-state index in [2.05, 4.69) is 16.0 Å². The zero-order chi connectivity index (χ0) is 21.8. The van der Waals surface area contributed by atoms with Crippen LogP contribution in [0.2, 0.25) is 0 Å². The normalized spacial score (nSPS) is 14.3. The molecule has 0 heterocycles. The van der Waals surface area contributed by atoms with Crippen molar-refractivity contribution in [2.75, 3.05) is 17.2 Å². The third-order valence-electron chi connectivity index (χ3n) is 5.77. The standard InChI is InChI=1S/C24H25N3O4/c28-21-17(24(31)25-14-15-8-3-1-4-9-15)12-7-13-18(21)27-20-19(22(29)23(20)30)26-16-10-5-2-6-11-16/h2,5-7,10-13,15,26-28H,1,3-4,8-9,14H2,(H,25,31). The molecule has 0 bridgehead atoms. The highest BCUT2D eigenvalue weighted by molar-refractivity contribution is 5.99. The van der Waals surface area contributed by atoms with Gasteiger partial charge < -0.3 is 21.1 Å². The van der Waals surface area contributed by atoms with Crippen LogP contribution < -0.4 is 26.8 Å². The molecule has 7 nitrogen and oxygen atoms in total. The maximum atomic E-state index is 12.6. The van der Waals surface area contributed by atoms with Crippen LogP contribution in [0.15, 0.2) is 58.1 Å². The predicted octanol–water partition coefficient (Wildman–Crippen LogP) is 3.79. The Morgan fingerprint density at radius 1 is 0.871 bits per heavy atom. The number of aromatic hydroxyl groups is 1. The molecule has 1 aliphatic rings. The molecule has 7 heteroatoms. The third kappa shape index (κ3) is 4.45. The molecule has 3 aromatic rings. The Hall–Kier alpha value is -3.61. The summed E-state index contributed by atoms with van der Waals surface area (Å²) in [6, 6.07) is 13.7. The van der Waals surface area contributed by atoms with Crippen LogP contribution in [-0.2, 0) is 0 Å². The summed E-state index contributed by atoms with van der Waals surface area (Å²) in [7, 11) is 0. The lowest BCUT2D eigenvalue weighted by Crippen LogP contribution is -2.35. The highest BCUT2D eigenvalue weighted by Crippen LogP contribution is 2.32. The van der Waals surface area contributed by atoms with E-state index in [0.717, 1.165) is 12.8 Å². The number of phenolic OH excluding ortho intramolecular Hbond substituents is 1. The molecule has 4 N–H and O–H groups in total. The van der Waals surface area contributed by atoms with E-state index in [0.29, 0.717) is 18.2 Å². The molecule has 1 aliphatic carbocycles. The lowest BCUT2D eigenvalue weighted by Gasteiger charge is -2.22. The van der Waals surface area contributed by atoms with Gasteiger partial charge in [0.05, 0.1) is 11.3 Å². The number of phenols is 1. The van der Waals surface area contributed by atoms with Gasteiger partial charge in [-0.2, -0.15) is 0 Å². The molecule has 0 aliphatic heterocycles. The third-order valence-corrected chi connectivity index (χ3v) is 5.77. The Morgan fingerprint density at radius 2 is 1.55 bits per heavy atom. The Kier molecular flexibility index (Phi) is 6.02. The van der Waals surface area contributed by atoms with Crippen molar-refractivity contribution >= 4 is 28.7 Å². The van der Waals surface area contributed by atoms with Gasteiger partial charge in [-0.05, 0) is 43.0 Å². The highest BCUT2D eigenvalue weighted by atomic mass is 16.3. The van der Waals surface area contributed by atoms with E-state index in [4.69, 9.17) is 0 Å². The Bertz CT molecular complexity index is 1140. The van der Waals surface area contributed by atoms with E-state index in [-0.39, 0.29) is 34.3 Å². The molecule has 4 rings (SSSR count). The van der Waals surface area contributed by atoms with Gasteiger partial charge >= 0.3 is 0 Å². The molecule has 0 saturated heterocycles.